The topological polar surface area (TPSA) is 84.3 Å². The molecule has 1 fully saturated rings. The second-order valence-corrected chi connectivity index (χ2v) is 10.1. The van der Waals surface area contributed by atoms with Gasteiger partial charge >= 0.3 is 0 Å². The number of nitrogens with zero attached hydrogens (tertiary/aromatic N) is 3. The second-order valence-electron chi connectivity index (χ2n) is 8.08. The van der Waals surface area contributed by atoms with Gasteiger partial charge in [-0.05, 0) is 37.7 Å². The Bertz CT molecular complexity index is 963. The fourth-order valence-corrected chi connectivity index (χ4v) is 5.27. The smallest absolute Gasteiger partial charge is 0.223 e. The van der Waals surface area contributed by atoms with Gasteiger partial charge in [-0.3, -0.25) is 9.48 Å². The molecular formula is C21H28N4O3S. The number of hydrogen-bond donors (Lipinski definition) is 1. The molecule has 8 heteroatoms. The lowest BCUT2D eigenvalue weighted by Gasteiger charge is -2.31. The van der Waals surface area contributed by atoms with Crippen molar-refractivity contribution in [1.29, 1.82) is 0 Å². The number of hydrogen-bond acceptors (Lipinski definition) is 4. The van der Waals surface area contributed by atoms with Gasteiger partial charge in [0.25, 0.3) is 0 Å². The largest absolute Gasteiger partial charge is 0.349 e. The van der Waals surface area contributed by atoms with Crippen molar-refractivity contribution < 1.29 is 13.2 Å². The van der Waals surface area contributed by atoms with E-state index in [1.54, 1.807) is 0 Å². The van der Waals surface area contributed by atoms with E-state index in [2.05, 4.69) is 22.5 Å². The van der Waals surface area contributed by atoms with Gasteiger partial charge in [0.1, 0.15) is 0 Å². The van der Waals surface area contributed by atoms with E-state index in [4.69, 9.17) is 0 Å². The molecule has 1 atom stereocenters. The lowest BCUT2D eigenvalue weighted by Crippen LogP contribution is -2.43. The maximum atomic E-state index is 12.8. The standard InChI is InChI=1S/C21H28N4O3S/c1-29(27,28)24-12-10-17(11-13-24)21(26)23-19-8-5-9-20-18(19)14-22-25(20)15-16-6-3-2-4-7-16/h2-4,6-7,14,17,19H,5,8-13,15H2,1H3,(H,23,26). The number of rotatable bonds is 5. The maximum Gasteiger partial charge on any atom is 0.223 e. The highest BCUT2D eigenvalue weighted by molar-refractivity contribution is 7.88. The summed E-state index contributed by atoms with van der Waals surface area (Å²) in [7, 11) is -3.17. The molecule has 1 unspecified atom stereocenters. The minimum Gasteiger partial charge on any atom is -0.349 e. The molecule has 0 saturated carbocycles. The van der Waals surface area contributed by atoms with Gasteiger partial charge < -0.3 is 5.32 Å². The van der Waals surface area contributed by atoms with Crippen molar-refractivity contribution in [2.45, 2.75) is 44.7 Å². The van der Waals surface area contributed by atoms with Crippen LogP contribution in [-0.2, 0) is 27.8 Å². The average molecular weight is 417 g/mol. The van der Waals surface area contributed by atoms with Gasteiger partial charge in [0.15, 0.2) is 0 Å². The van der Waals surface area contributed by atoms with Crippen LogP contribution in [0.2, 0.25) is 0 Å². The number of aromatic nitrogens is 2. The Morgan fingerprint density at radius 3 is 2.59 bits per heavy atom. The molecule has 1 amide bonds. The van der Waals surface area contributed by atoms with E-state index in [1.165, 1.54) is 21.8 Å². The van der Waals surface area contributed by atoms with Crippen LogP contribution < -0.4 is 5.32 Å². The molecule has 1 saturated heterocycles. The summed E-state index contributed by atoms with van der Waals surface area (Å²) in [5, 5.41) is 7.81. The van der Waals surface area contributed by atoms with Crippen LogP contribution in [0, 0.1) is 5.92 Å². The summed E-state index contributed by atoms with van der Waals surface area (Å²) in [5.41, 5.74) is 3.54. The Kier molecular flexibility index (Phi) is 5.74. The predicted octanol–water partition coefficient (Wildman–Crippen LogP) is 2.10. The first-order valence-electron chi connectivity index (χ1n) is 10.3. The number of piperidine rings is 1. The first kappa shape index (κ1) is 20.1. The van der Waals surface area contributed by atoms with Crippen LogP contribution in [0.3, 0.4) is 0 Å². The van der Waals surface area contributed by atoms with Crippen LogP contribution in [0.25, 0.3) is 0 Å². The predicted molar refractivity (Wildman–Crippen MR) is 111 cm³/mol. The number of nitrogens with one attached hydrogen (secondary N) is 1. The van der Waals surface area contributed by atoms with E-state index in [9.17, 15) is 13.2 Å². The van der Waals surface area contributed by atoms with Crippen molar-refractivity contribution in [1.82, 2.24) is 19.4 Å². The van der Waals surface area contributed by atoms with Crippen LogP contribution in [0.15, 0.2) is 36.5 Å². The zero-order chi connectivity index (χ0) is 20.4. The fourth-order valence-electron chi connectivity index (χ4n) is 4.40. The number of carbonyl (C=O) groups excluding carboxylic acids is 1. The molecule has 1 aliphatic heterocycles. The summed E-state index contributed by atoms with van der Waals surface area (Å²) in [6.45, 7) is 1.57. The van der Waals surface area contributed by atoms with Crippen molar-refractivity contribution in [3.63, 3.8) is 0 Å². The van der Waals surface area contributed by atoms with Gasteiger partial charge in [-0.15, -0.1) is 0 Å². The molecule has 29 heavy (non-hydrogen) atoms. The van der Waals surface area contributed by atoms with Gasteiger partial charge in [-0.1, -0.05) is 30.3 Å². The normalized spacial score (nSPS) is 20.9. The summed E-state index contributed by atoms with van der Waals surface area (Å²) in [6.07, 6.45) is 7.18. The monoisotopic (exact) mass is 416 g/mol. The van der Waals surface area contributed by atoms with Gasteiger partial charge in [0, 0.05) is 30.3 Å². The van der Waals surface area contributed by atoms with Gasteiger partial charge in [-0.2, -0.15) is 5.10 Å². The molecule has 156 valence electrons. The van der Waals surface area contributed by atoms with Crippen LogP contribution in [-0.4, -0.2) is 47.8 Å². The zero-order valence-electron chi connectivity index (χ0n) is 16.8. The number of amides is 1. The van der Waals surface area contributed by atoms with E-state index in [0.29, 0.717) is 25.9 Å². The molecule has 0 bridgehead atoms. The molecule has 1 aromatic heterocycles. The quantitative estimate of drug-likeness (QED) is 0.809. The molecule has 1 aromatic carbocycles. The molecular weight excluding hydrogens is 388 g/mol. The lowest BCUT2D eigenvalue weighted by atomic mass is 9.91. The van der Waals surface area contributed by atoms with Gasteiger partial charge in [0.05, 0.1) is 25.0 Å². The third kappa shape index (κ3) is 4.53. The summed E-state index contributed by atoms with van der Waals surface area (Å²) < 4.78 is 26.8. The minimum atomic E-state index is -3.17. The molecule has 0 spiro atoms. The Balaban J connectivity index is 1.41. The highest BCUT2D eigenvalue weighted by atomic mass is 32.2. The molecule has 2 aromatic rings. The average Bonchev–Trinajstić information content (AvgIpc) is 3.12. The minimum absolute atomic E-state index is 0.0105. The molecule has 2 heterocycles. The van der Waals surface area contributed by atoms with Crippen LogP contribution >= 0.6 is 0 Å². The Hall–Kier alpha value is -2.19. The van der Waals surface area contributed by atoms with Gasteiger partial charge in [0.2, 0.25) is 15.9 Å². The zero-order valence-corrected chi connectivity index (χ0v) is 17.6. The SMILES string of the molecule is CS(=O)(=O)N1CCC(C(=O)NC2CCCc3c2cnn3Cc2ccccc2)CC1. The Labute approximate surface area is 172 Å². The maximum absolute atomic E-state index is 12.8. The van der Waals surface area contributed by atoms with Crippen molar-refractivity contribution in [2.24, 2.45) is 5.92 Å². The molecule has 1 aliphatic carbocycles. The van der Waals surface area contributed by atoms with Crippen LogP contribution in [0.4, 0.5) is 0 Å². The summed E-state index contributed by atoms with van der Waals surface area (Å²) in [5.74, 6) is -0.0930. The summed E-state index contributed by atoms with van der Waals surface area (Å²) in [6, 6.07) is 10.3. The highest BCUT2D eigenvalue weighted by Gasteiger charge is 2.32. The van der Waals surface area contributed by atoms with Crippen molar-refractivity contribution in [3.05, 3.63) is 53.3 Å². The van der Waals surface area contributed by atoms with Gasteiger partial charge in [-0.25, -0.2) is 12.7 Å². The molecule has 4 rings (SSSR count). The first-order valence-corrected chi connectivity index (χ1v) is 12.1. The third-order valence-corrected chi connectivity index (χ3v) is 7.35. The number of sulfonamides is 1. The summed E-state index contributed by atoms with van der Waals surface area (Å²) in [4.78, 5) is 12.8. The van der Waals surface area contributed by atoms with Crippen LogP contribution in [0.5, 0.6) is 0 Å². The molecule has 7 nitrogen and oxygen atoms in total. The van der Waals surface area contributed by atoms with Crippen molar-refractivity contribution >= 4 is 15.9 Å². The fraction of sp³-hybridized carbons (Fsp3) is 0.524. The number of benzene rings is 1. The van der Waals surface area contributed by atoms with E-state index in [0.717, 1.165) is 31.4 Å². The number of fused-ring (bicyclic) bond motifs is 1. The van der Waals surface area contributed by atoms with Crippen molar-refractivity contribution in [3.8, 4) is 0 Å². The third-order valence-electron chi connectivity index (χ3n) is 6.05. The number of carbonyl (C=O) groups is 1. The molecule has 1 N–H and O–H groups in total. The lowest BCUT2D eigenvalue weighted by molar-refractivity contribution is -0.127. The van der Waals surface area contributed by atoms with E-state index in [1.807, 2.05) is 29.1 Å². The highest BCUT2D eigenvalue weighted by Crippen LogP contribution is 2.31. The molecule has 2 aliphatic rings. The van der Waals surface area contributed by atoms with Crippen LogP contribution in [0.1, 0.15) is 48.5 Å². The second kappa shape index (κ2) is 8.28. The van der Waals surface area contributed by atoms with E-state index < -0.39 is 10.0 Å². The Morgan fingerprint density at radius 1 is 1.17 bits per heavy atom. The molecule has 0 radical (unpaired) electrons. The summed E-state index contributed by atoms with van der Waals surface area (Å²) >= 11 is 0. The Morgan fingerprint density at radius 2 is 1.90 bits per heavy atom. The van der Waals surface area contributed by atoms with E-state index in [-0.39, 0.29) is 17.9 Å². The first-order chi connectivity index (χ1) is 13.9. The van der Waals surface area contributed by atoms with E-state index >= 15 is 0 Å². The van der Waals surface area contributed by atoms with Crippen molar-refractivity contribution in [2.75, 3.05) is 19.3 Å².